The van der Waals surface area contributed by atoms with E-state index in [1.54, 1.807) is 7.11 Å². The summed E-state index contributed by atoms with van der Waals surface area (Å²) in [6, 6.07) is 14.9. The van der Waals surface area contributed by atoms with Gasteiger partial charge in [0.15, 0.2) is 0 Å². The summed E-state index contributed by atoms with van der Waals surface area (Å²) in [4.78, 5) is 4.53. The van der Waals surface area contributed by atoms with Crippen LogP contribution in [0.1, 0.15) is 11.1 Å². The van der Waals surface area contributed by atoms with Crippen molar-refractivity contribution in [2.75, 3.05) is 33.4 Å². The number of aliphatic imine (C=N–C) groups is 1. The smallest absolute Gasteiger partial charge is 0.416 e. The first-order chi connectivity index (χ1) is 14.5. The van der Waals surface area contributed by atoms with Crippen molar-refractivity contribution >= 4 is 16.6 Å². The number of hydrogen-bond donors (Lipinski definition) is 1. The molecule has 1 N–H and O–H groups in total. The number of alkyl halides is 3. The molecule has 0 fully saturated rings. The molecule has 0 atom stereocenters. The first-order valence-electron chi connectivity index (χ1n) is 9.63. The number of nitrogens with zero attached hydrogens (tertiary/aromatic N) is 1. The number of fused-ring (bicyclic) bond motifs is 1. The third-order valence-corrected chi connectivity index (χ3v) is 4.97. The van der Waals surface area contributed by atoms with Gasteiger partial charge in [0, 0.05) is 19.2 Å². The van der Waals surface area contributed by atoms with Crippen molar-refractivity contribution in [1.82, 2.24) is 5.32 Å². The van der Waals surface area contributed by atoms with Crippen LogP contribution in [-0.2, 0) is 10.9 Å². The highest BCUT2D eigenvalue weighted by molar-refractivity contribution is 6.11. The summed E-state index contributed by atoms with van der Waals surface area (Å²) in [5, 5.41) is 5.12. The maximum absolute atomic E-state index is 13.1. The summed E-state index contributed by atoms with van der Waals surface area (Å²) in [5.74, 6) is 1.31. The molecule has 1 aliphatic rings. The second kappa shape index (κ2) is 8.36. The van der Waals surface area contributed by atoms with Gasteiger partial charge in [-0.15, -0.1) is 0 Å². The Hall–Kier alpha value is -3.06. The van der Waals surface area contributed by atoms with Crippen molar-refractivity contribution in [2.45, 2.75) is 6.18 Å². The lowest BCUT2D eigenvalue weighted by atomic mass is 9.93. The van der Waals surface area contributed by atoms with Crippen molar-refractivity contribution in [1.29, 1.82) is 0 Å². The van der Waals surface area contributed by atoms with Crippen molar-refractivity contribution in [3.05, 3.63) is 65.7 Å². The minimum absolute atomic E-state index is 0.308. The van der Waals surface area contributed by atoms with Crippen LogP contribution < -0.4 is 10.1 Å². The highest BCUT2D eigenvalue weighted by Gasteiger charge is 2.30. The Morgan fingerprint density at radius 1 is 1.03 bits per heavy atom. The summed E-state index contributed by atoms with van der Waals surface area (Å²) < 4.78 is 50.4. The second-order valence-electron chi connectivity index (χ2n) is 6.92. The molecule has 156 valence electrons. The van der Waals surface area contributed by atoms with E-state index in [1.165, 1.54) is 12.1 Å². The molecule has 0 aliphatic carbocycles. The molecular formula is C23H21F3N2O2. The van der Waals surface area contributed by atoms with Gasteiger partial charge < -0.3 is 14.8 Å². The third-order valence-electron chi connectivity index (χ3n) is 4.97. The Morgan fingerprint density at radius 2 is 1.80 bits per heavy atom. The van der Waals surface area contributed by atoms with E-state index in [4.69, 9.17) is 9.47 Å². The van der Waals surface area contributed by atoms with Crippen LogP contribution in [0.5, 0.6) is 5.75 Å². The van der Waals surface area contributed by atoms with Gasteiger partial charge in [-0.3, -0.25) is 4.99 Å². The fraction of sp³-hybridized carbons (Fsp3) is 0.261. The summed E-state index contributed by atoms with van der Waals surface area (Å²) in [7, 11) is 1.59. The zero-order valence-electron chi connectivity index (χ0n) is 16.4. The van der Waals surface area contributed by atoms with Gasteiger partial charge in [0.1, 0.15) is 18.2 Å². The summed E-state index contributed by atoms with van der Waals surface area (Å²) in [5.41, 5.74) is 1.49. The summed E-state index contributed by atoms with van der Waals surface area (Å²) in [6.45, 7) is 2.09. The lowest BCUT2D eigenvalue weighted by Gasteiger charge is -2.19. The van der Waals surface area contributed by atoms with Crippen molar-refractivity contribution < 1.29 is 22.6 Å². The molecule has 0 aromatic heterocycles. The molecule has 4 nitrogen and oxygen atoms in total. The first-order valence-corrected chi connectivity index (χ1v) is 9.63. The highest BCUT2D eigenvalue weighted by atomic mass is 19.4. The molecular weight excluding hydrogens is 393 g/mol. The van der Waals surface area contributed by atoms with Crippen LogP contribution in [0.25, 0.3) is 21.9 Å². The van der Waals surface area contributed by atoms with Crippen LogP contribution in [0.4, 0.5) is 13.2 Å². The zero-order chi connectivity index (χ0) is 21.1. The maximum atomic E-state index is 13.1. The molecule has 0 spiro atoms. The largest absolute Gasteiger partial charge is 0.490 e. The van der Waals surface area contributed by atoms with Crippen LogP contribution in [0.15, 0.2) is 59.6 Å². The zero-order valence-corrected chi connectivity index (χ0v) is 16.4. The monoisotopic (exact) mass is 414 g/mol. The molecule has 1 aliphatic heterocycles. The third kappa shape index (κ3) is 3.98. The number of halogens is 3. The SMILES string of the molecule is COCCOc1c(C2=NCCN2)cc2ccccc2c1-c1ccc(C(F)(F)F)cc1. The van der Waals surface area contributed by atoms with E-state index in [-0.39, 0.29) is 0 Å². The van der Waals surface area contributed by atoms with Gasteiger partial charge in [-0.25, -0.2) is 0 Å². The standard InChI is InChI=1S/C23H21F3N2O2/c1-29-12-13-30-21-19(22-27-10-11-28-22)14-16-4-2-3-5-18(16)20(21)15-6-8-17(9-7-15)23(24,25)26/h2-9,14H,10-13H2,1H3,(H,27,28). The Morgan fingerprint density at radius 3 is 2.47 bits per heavy atom. The number of rotatable bonds is 6. The number of ether oxygens (including phenoxy) is 2. The van der Waals surface area contributed by atoms with Gasteiger partial charge >= 0.3 is 6.18 Å². The van der Waals surface area contributed by atoms with Crippen molar-refractivity contribution in [2.24, 2.45) is 4.99 Å². The van der Waals surface area contributed by atoms with E-state index in [2.05, 4.69) is 10.3 Å². The van der Waals surface area contributed by atoms with Crippen molar-refractivity contribution in [3.8, 4) is 16.9 Å². The number of hydrogen-bond acceptors (Lipinski definition) is 4. The number of amidine groups is 1. The molecule has 1 heterocycles. The molecule has 7 heteroatoms. The number of nitrogens with one attached hydrogen (secondary N) is 1. The Bertz CT molecular complexity index is 1080. The van der Waals surface area contributed by atoms with E-state index in [1.807, 2.05) is 30.3 Å². The van der Waals surface area contributed by atoms with Gasteiger partial charge in [-0.05, 0) is 34.5 Å². The number of benzene rings is 3. The molecule has 0 unspecified atom stereocenters. The Balaban J connectivity index is 1.94. The van der Waals surface area contributed by atoms with Gasteiger partial charge in [0.05, 0.1) is 24.3 Å². The van der Waals surface area contributed by atoms with Crippen LogP contribution in [-0.4, -0.2) is 39.2 Å². The molecule has 3 aromatic rings. The lowest BCUT2D eigenvalue weighted by Crippen LogP contribution is -2.21. The predicted molar refractivity (Wildman–Crippen MR) is 111 cm³/mol. The molecule has 0 saturated heterocycles. The van der Waals surface area contributed by atoms with E-state index >= 15 is 0 Å². The normalized spacial score (nSPS) is 13.9. The molecule has 0 saturated carbocycles. The van der Waals surface area contributed by atoms with E-state index in [0.717, 1.165) is 46.4 Å². The predicted octanol–water partition coefficient (Wildman–Crippen LogP) is 4.90. The minimum atomic E-state index is -4.39. The van der Waals surface area contributed by atoms with Crippen LogP contribution in [0.2, 0.25) is 0 Å². The van der Waals surface area contributed by atoms with Crippen LogP contribution in [0.3, 0.4) is 0 Å². The quantitative estimate of drug-likeness (QED) is 0.584. The summed E-state index contributed by atoms with van der Waals surface area (Å²) in [6.07, 6.45) is -4.39. The van der Waals surface area contributed by atoms with Gasteiger partial charge in [0.2, 0.25) is 0 Å². The Labute approximate surface area is 172 Å². The average Bonchev–Trinajstić information content (AvgIpc) is 3.27. The first kappa shape index (κ1) is 20.2. The second-order valence-corrected chi connectivity index (χ2v) is 6.92. The fourth-order valence-electron chi connectivity index (χ4n) is 3.57. The molecule has 0 bridgehead atoms. The highest BCUT2D eigenvalue weighted by Crippen LogP contribution is 2.41. The van der Waals surface area contributed by atoms with Crippen LogP contribution >= 0.6 is 0 Å². The van der Waals surface area contributed by atoms with Gasteiger partial charge in [-0.1, -0.05) is 36.4 Å². The fourth-order valence-corrected chi connectivity index (χ4v) is 3.57. The summed E-state index contributed by atoms with van der Waals surface area (Å²) >= 11 is 0. The lowest BCUT2D eigenvalue weighted by molar-refractivity contribution is -0.137. The van der Waals surface area contributed by atoms with E-state index in [0.29, 0.717) is 31.1 Å². The van der Waals surface area contributed by atoms with Gasteiger partial charge in [-0.2, -0.15) is 13.2 Å². The van der Waals surface area contributed by atoms with E-state index in [9.17, 15) is 13.2 Å². The minimum Gasteiger partial charge on any atom is -0.490 e. The van der Waals surface area contributed by atoms with E-state index < -0.39 is 11.7 Å². The topological polar surface area (TPSA) is 42.9 Å². The van der Waals surface area contributed by atoms with Gasteiger partial charge in [0.25, 0.3) is 0 Å². The molecule has 30 heavy (non-hydrogen) atoms. The van der Waals surface area contributed by atoms with Crippen LogP contribution in [0, 0.1) is 0 Å². The molecule has 0 radical (unpaired) electrons. The molecule has 3 aromatic carbocycles. The maximum Gasteiger partial charge on any atom is 0.416 e. The molecule has 4 rings (SSSR count). The average molecular weight is 414 g/mol. The molecule has 0 amide bonds. The van der Waals surface area contributed by atoms with Crippen molar-refractivity contribution in [3.63, 3.8) is 0 Å². The number of methoxy groups -OCH3 is 1. The Kier molecular flexibility index (Phi) is 5.63.